The highest BCUT2D eigenvalue weighted by Crippen LogP contribution is 2.26. The number of nitrogens with zero attached hydrogens (tertiary/aromatic N) is 1. The van der Waals surface area contributed by atoms with Crippen LogP contribution >= 0.6 is 0 Å². The lowest BCUT2D eigenvalue weighted by atomic mass is 10.1. The Bertz CT molecular complexity index is 961. The van der Waals surface area contributed by atoms with E-state index in [2.05, 4.69) is 10.3 Å². The minimum absolute atomic E-state index is 0.332. The number of hydrogen-bond donors (Lipinski definition) is 1. The summed E-state index contributed by atoms with van der Waals surface area (Å²) in [5, 5.41) is 3.30. The van der Waals surface area contributed by atoms with Gasteiger partial charge in [0.25, 0.3) is 5.91 Å². The molecule has 0 saturated carbocycles. The molecule has 0 fully saturated rings. The molecule has 1 aromatic carbocycles. The van der Waals surface area contributed by atoms with Crippen molar-refractivity contribution in [2.24, 2.45) is 0 Å². The molecule has 3 aromatic rings. The molecule has 6 heteroatoms. The Kier molecular flexibility index (Phi) is 5.02. The lowest BCUT2D eigenvalue weighted by Gasteiger charge is -2.14. The van der Waals surface area contributed by atoms with Gasteiger partial charge in [-0.05, 0) is 45.0 Å². The van der Waals surface area contributed by atoms with Crippen LogP contribution in [-0.4, -0.2) is 29.5 Å². The maximum atomic E-state index is 12.7. The van der Waals surface area contributed by atoms with Gasteiger partial charge in [0.05, 0.1) is 11.1 Å². The highest BCUT2D eigenvalue weighted by molar-refractivity contribution is 6.05. The van der Waals surface area contributed by atoms with Gasteiger partial charge in [-0.3, -0.25) is 4.79 Å². The first kappa shape index (κ1) is 17.7. The van der Waals surface area contributed by atoms with E-state index in [1.807, 2.05) is 31.2 Å². The van der Waals surface area contributed by atoms with Crippen molar-refractivity contribution in [3.8, 4) is 11.5 Å². The number of esters is 1. The van der Waals surface area contributed by atoms with Crippen molar-refractivity contribution < 1.29 is 18.7 Å². The zero-order valence-electron chi connectivity index (χ0n) is 14.9. The summed E-state index contributed by atoms with van der Waals surface area (Å²) in [6, 6.07) is 12.6. The summed E-state index contributed by atoms with van der Waals surface area (Å²) in [6.45, 7) is 5.66. The molecule has 1 amide bonds. The third kappa shape index (κ3) is 3.59. The molecule has 0 aliphatic heterocycles. The Morgan fingerprint density at radius 3 is 2.69 bits per heavy atom. The van der Waals surface area contributed by atoms with Gasteiger partial charge in [0.2, 0.25) is 0 Å². The molecule has 2 aromatic heterocycles. The van der Waals surface area contributed by atoms with Gasteiger partial charge in [-0.2, -0.15) is 0 Å². The zero-order valence-corrected chi connectivity index (χ0v) is 14.9. The van der Waals surface area contributed by atoms with E-state index >= 15 is 0 Å². The maximum Gasteiger partial charge on any atom is 0.339 e. The van der Waals surface area contributed by atoms with Crippen LogP contribution in [-0.2, 0) is 9.53 Å². The number of aromatic nitrogens is 1. The quantitative estimate of drug-likeness (QED) is 0.711. The molecule has 0 radical (unpaired) electrons. The minimum Gasteiger partial charge on any atom is -0.460 e. The van der Waals surface area contributed by atoms with E-state index in [0.717, 1.165) is 5.76 Å². The van der Waals surface area contributed by atoms with E-state index < -0.39 is 12.1 Å². The van der Waals surface area contributed by atoms with Gasteiger partial charge in [-0.15, -0.1) is 0 Å². The topological polar surface area (TPSA) is 81.4 Å². The van der Waals surface area contributed by atoms with Crippen LogP contribution < -0.4 is 5.32 Å². The molecule has 0 spiro atoms. The summed E-state index contributed by atoms with van der Waals surface area (Å²) in [4.78, 5) is 29.1. The van der Waals surface area contributed by atoms with E-state index in [-0.39, 0.29) is 5.91 Å². The Morgan fingerprint density at radius 2 is 2.00 bits per heavy atom. The van der Waals surface area contributed by atoms with Crippen LogP contribution in [0.3, 0.4) is 0 Å². The van der Waals surface area contributed by atoms with Crippen molar-refractivity contribution in [2.45, 2.75) is 26.9 Å². The number of carbonyl (C=O) groups excluding carboxylic acids is 2. The molecule has 0 saturated heterocycles. The molecule has 0 aliphatic carbocycles. The van der Waals surface area contributed by atoms with Crippen LogP contribution in [0.4, 0.5) is 0 Å². The van der Waals surface area contributed by atoms with Crippen molar-refractivity contribution in [3.05, 3.63) is 53.8 Å². The molecule has 0 unspecified atom stereocenters. The summed E-state index contributed by atoms with van der Waals surface area (Å²) < 4.78 is 11.0. The van der Waals surface area contributed by atoms with Gasteiger partial charge in [0, 0.05) is 11.9 Å². The van der Waals surface area contributed by atoms with Crippen LogP contribution in [0.2, 0.25) is 0 Å². The monoisotopic (exact) mass is 352 g/mol. The largest absolute Gasteiger partial charge is 0.460 e. The molecule has 134 valence electrons. The van der Waals surface area contributed by atoms with Gasteiger partial charge >= 0.3 is 5.97 Å². The molecule has 26 heavy (non-hydrogen) atoms. The second-order valence-electron chi connectivity index (χ2n) is 5.92. The van der Waals surface area contributed by atoms with Gasteiger partial charge in [-0.25, -0.2) is 9.78 Å². The summed E-state index contributed by atoms with van der Waals surface area (Å²) in [7, 11) is 0. The third-order valence-electron chi connectivity index (χ3n) is 3.93. The van der Waals surface area contributed by atoms with E-state index in [4.69, 9.17) is 9.15 Å². The van der Waals surface area contributed by atoms with E-state index in [9.17, 15) is 9.59 Å². The number of aryl methyl sites for hydroxylation is 1. The predicted octanol–water partition coefficient (Wildman–Crippen LogP) is 3.48. The van der Waals surface area contributed by atoms with Crippen molar-refractivity contribution in [1.29, 1.82) is 0 Å². The van der Waals surface area contributed by atoms with Crippen molar-refractivity contribution in [2.75, 3.05) is 6.54 Å². The first-order valence-corrected chi connectivity index (χ1v) is 8.45. The number of ether oxygens (including phenoxy) is 1. The van der Waals surface area contributed by atoms with Gasteiger partial charge in [0.15, 0.2) is 11.9 Å². The molecule has 6 nitrogen and oxygen atoms in total. The minimum atomic E-state index is -0.885. The van der Waals surface area contributed by atoms with E-state index in [1.165, 1.54) is 0 Å². The first-order chi connectivity index (χ1) is 12.5. The number of likely N-dealkylation sites (N-methyl/N-ethyl adjacent to an activating group) is 1. The van der Waals surface area contributed by atoms with Crippen LogP contribution in [0.5, 0.6) is 0 Å². The van der Waals surface area contributed by atoms with Crippen molar-refractivity contribution >= 4 is 22.8 Å². The molecular formula is C20H20N2O4. The number of fused-ring (bicyclic) bond motifs is 1. The average molecular weight is 352 g/mol. The molecule has 1 atom stereocenters. The Hall–Kier alpha value is -3.15. The molecular weight excluding hydrogens is 332 g/mol. The third-order valence-corrected chi connectivity index (χ3v) is 3.93. The predicted molar refractivity (Wildman–Crippen MR) is 97.7 cm³/mol. The van der Waals surface area contributed by atoms with E-state index in [0.29, 0.717) is 34.5 Å². The lowest BCUT2D eigenvalue weighted by molar-refractivity contribution is -0.128. The summed E-state index contributed by atoms with van der Waals surface area (Å²) in [5.41, 5.74) is 1.53. The van der Waals surface area contributed by atoms with Crippen LogP contribution in [0.1, 0.15) is 30.0 Å². The number of amides is 1. The Labute approximate surface area is 151 Å². The summed E-state index contributed by atoms with van der Waals surface area (Å²) >= 11 is 0. The maximum absolute atomic E-state index is 12.7. The number of benzene rings is 1. The summed E-state index contributed by atoms with van der Waals surface area (Å²) in [5.74, 6) is 0.413. The van der Waals surface area contributed by atoms with Crippen molar-refractivity contribution in [1.82, 2.24) is 10.3 Å². The standard InChI is InChI=1S/C20H20N2O4/c1-4-21-19(23)13(3)26-20(24)15-11-17(18-10-9-12(2)25-18)22-16-8-6-5-7-14(15)16/h5-11,13H,4H2,1-3H3,(H,21,23)/t13-/m1/s1. The Balaban J connectivity index is 2.00. The number of furan rings is 1. The van der Waals surface area contributed by atoms with Crippen LogP contribution in [0.25, 0.3) is 22.4 Å². The fourth-order valence-corrected chi connectivity index (χ4v) is 2.64. The van der Waals surface area contributed by atoms with Crippen LogP contribution in [0, 0.1) is 6.92 Å². The molecule has 1 N–H and O–H groups in total. The number of para-hydroxylation sites is 1. The number of pyridine rings is 1. The van der Waals surface area contributed by atoms with Gasteiger partial charge < -0.3 is 14.5 Å². The lowest BCUT2D eigenvalue weighted by Crippen LogP contribution is -2.35. The second-order valence-corrected chi connectivity index (χ2v) is 5.92. The molecule has 0 aliphatic rings. The number of nitrogens with one attached hydrogen (secondary N) is 1. The number of hydrogen-bond acceptors (Lipinski definition) is 5. The van der Waals surface area contributed by atoms with E-state index in [1.54, 1.807) is 32.0 Å². The van der Waals surface area contributed by atoms with Crippen molar-refractivity contribution in [3.63, 3.8) is 0 Å². The number of rotatable bonds is 5. The molecule has 2 heterocycles. The normalized spacial score (nSPS) is 12.0. The second kappa shape index (κ2) is 7.39. The SMILES string of the molecule is CCNC(=O)[C@@H](C)OC(=O)c1cc(-c2ccc(C)o2)nc2ccccc12. The fraction of sp³-hybridized carbons (Fsp3) is 0.250. The zero-order chi connectivity index (χ0) is 18.7. The first-order valence-electron chi connectivity index (χ1n) is 8.45. The average Bonchev–Trinajstić information content (AvgIpc) is 3.07. The highest BCUT2D eigenvalue weighted by Gasteiger charge is 2.21. The van der Waals surface area contributed by atoms with Crippen LogP contribution in [0.15, 0.2) is 46.9 Å². The van der Waals surface area contributed by atoms with Gasteiger partial charge in [-0.1, -0.05) is 18.2 Å². The fourth-order valence-electron chi connectivity index (χ4n) is 2.64. The number of carbonyl (C=O) groups is 2. The summed E-state index contributed by atoms with van der Waals surface area (Å²) in [6.07, 6.45) is -0.885. The van der Waals surface area contributed by atoms with Gasteiger partial charge in [0.1, 0.15) is 11.5 Å². The smallest absolute Gasteiger partial charge is 0.339 e. The molecule has 3 rings (SSSR count). The Morgan fingerprint density at radius 1 is 1.23 bits per heavy atom. The molecule has 0 bridgehead atoms. The highest BCUT2D eigenvalue weighted by atomic mass is 16.5.